The van der Waals surface area contributed by atoms with E-state index in [-0.39, 0.29) is 17.8 Å². The van der Waals surface area contributed by atoms with Crippen molar-refractivity contribution >= 4 is 23.3 Å². The molecule has 0 aliphatic carbocycles. The first kappa shape index (κ1) is 23.4. The Balaban J connectivity index is 1.25. The van der Waals surface area contributed by atoms with Gasteiger partial charge in [-0.2, -0.15) is 0 Å². The second kappa shape index (κ2) is 9.48. The van der Waals surface area contributed by atoms with E-state index in [1.165, 1.54) is 6.07 Å². The van der Waals surface area contributed by atoms with Crippen LogP contribution in [0.1, 0.15) is 45.3 Å². The van der Waals surface area contributed by atoms with E-state index in [0.717, 1.165) is 28.8 Å². The second-order valence-electron chi connectivity index (χ2n) is 9.55. The molecule has 9 heteroatoms. The number of anilines is 2. The van der Waals surface area contributed by atoms with Gasteiger partial charge in [-0.1, -0.05) is 12.1 Å². The maximum atomic E-state index is 14.3. The summed E-state index contributed by atoms with van der Waals surface area (Å²) in [5.41, 5.74) is 5.07. The zero-order chi connectivity index (χ0) is 25.5. The SMILES string of the molecule is Cc1cc2c(cc1N1Cc3ccc(C(=O)N4CCOCC4)cc3NC1=O)OC(c1ncccc1F)CC2. The van der Waals surface area contributed by atoms with E-state index in [2.05, 4.69) is 10.3 Å². The Morgan fingerprint density at radius 2 is 1.97 bits per heavy atom. The highest BCUT2D eigenvalue weighted by Crippen LogP contribution is 2.40. The number of hydrogen-bond donors (Lipinski definition) is 1. The number of aromatic nitrogens is 1. The molecule has 1 aromatic heterocycles. The van der Waals surface area contributed by atoms with Gasteiger partial charge in [-0.15, -0.1) is 0 Å². The third-order valence-corrected chi connectivity index (χ3v) is 7.18. The van der Waals surface area contributed by atoms with Gasteiger partial charge in [0, 0.05) is 36.6 Å². The number of halogens is 1. The van der Waals surface area contributed by atoms with Gasteiger partial charge >= 0.3 is 6.03 Å². The molecule has 3 aliphatic heterocycles. The van der Waals surface area contributed by atoms with Crippen molar-refractivity contribution in [1.82, 2.24) is 9.88 Å². The number of benzene rings is 2. The number of carbonyl (C=O) groups excluding carboxylic acids is 2. The maximum absolute atomic E-state index is 14.3. The summed E-state index contributed by atoms with van der Waals surface area (Å²) in [4.78, 5) is 33.7. The van der Waals surface area contributed by atoms with Crippen LogP contribution in [-0.2, 0) is 17.7 Å². The van der Waals surface area contributed by atoms with Gasteiger partial charge in [0.2, 0.25) is 0 Å². The van der Waals surface area contributed by atoms with Gasteiger partial charge in [-0.3, -0.25) is 14.7 Å². The topological polar surface area (TPSA) is 84.0 Å². The lowest BCUT2D eigenvalue weighted by Crippen LogP contribution is -2.41. The maximum Gasteiger partial charge on any atom is 0.326 e. The van der Waals surface area contributed by atoms with Crippen LogP contribution in [0.2, 0.25) is 0 Å². The fraction of sp³-hybridized carbons (Fsp3) is 0.321. The Morgan fingerprint density at radius 3 is 2.78 bits per heavy atom. The van der Waals surface area contributed by atoms with Crippen molar-refractivity contribution in [1.29, 1.82) is 0 Å². The van der Waals surface area contributed by atoms with E-state index in [0.29, 0.717) is 62.0 Å². The molecule has 0 spiro atoms. The summed E-state index contributed by atoms with van der Waals surface area (Å²) in [7, 11) is 0. The van der Waals surface area contributed by atoms with E-state index >= 15 is 0 Å². The molecule has 4 heterocycles. The Labute approximate surface area is 214 Å². The smallest absolute Gasteiger partial charge is 0.326 e. The van der Waals surface area contributed by atoms with Crippen molar-refractivity contribution in [2.45, 2.75) is 32.4 Å². The van der Waals surface area contributed by atoms with Gasteiger partial charge in [0.05, 0.1) is 25.4 Å². The van der Waals surface area contributed by atoms with E-state index in [4.69, 9.17) is 9.47 Å². The molecule has 0 radical (unpaired) electrons. The lowest BCUT2D eigenvalue weighted by Gasteiger charge is -2.33. The molecular formula is C28H27FN4O4. The summed E-state index contributed by atoms with van der Waals surface area (Å²) in [6.07, 6.45) is 2.44. The van der Waals surface area contributed by atoms with Gasteiger partial charge < -0.3 is 19.7 Å². The lowest BCUT2D eigenvalue weighted by atomic mass is 9.97. The standard InChI is InChI=1S/C28H27FN4O4/c1-17-13-18-6-7-24(26-21(29)3-2-8-30-26)37-25(18)15-23(17)33-16-20-5-4-19(14-22(20)31-28(33)35)27(34)32-9-11-36-12-10-32/h2-5,8,13-15,24H,6-7,9-12,16H2,1H3,(H,31,35). The number of carbonyl (C=O) groups is 2. The van der Waals surface area contributed by atoms with Crippen LogP contribution in [0.3, 0.4) is 0 Å². The lowest BCUT2D eigenvalue weighted by molar-refractivity contribution is 0.0303. The van der Waals surface area contributed by atoms with Crippen LogP contribution in [0.4, 0.5) is 20.6 Å². The molecule has 0 saturated carbocycles. The minimum Gasteiger partial charge on any atom is -0.484 e. The van der Waals surface area contributed by atoms with Crippen molar-refractivity contribution in [2.75, 3.05) is 36.5 Å². The predicted molar refractivity (Wildman–Crippen MR) is 135 cm³/mol. The highest BCUT2D eigenvalue weighted by Gasteiger charge is 2.30. The summed E-state index contributed by atoms with van der Waals surface area (Å²) >= 11 is 0. The zero-order valence-electron chi connectivity index (χ0n) is 20.5. The Morgan fingerprint density at radius 1 is 1.14 bits per heavy atom. The van der Waals surface area contributed by atoms with E-state index in [1.807, 2.05) is 25.1 Å². The van der Waals surface area contributed by atoms with Gasteiger partial charge in [-0.05, 0) is 60.7 Å². The molecule has 190 valence electrons. The number of nitrogens with one attached hydrogen (secondary N) is 1. The molecule has 1 atom stereocenters. The Kier molecular flexibility index (Phi) is 6.00. The highest BCUT2D eigenvalue weighted by atomic mass is 19.1. The molecule has 2 aromatic carbocycles. The minimum atomic E-state index is -0.484. The van der Waals surface area contributed by atoms with Crippen LogP contribution in [-0.4, -0.2) is 48.1 Å². The fourth-order valence-electron chi connectivity index (χ4n) is 5.19. The molecule has 3 amide bonds. The van der Waals surface area contributed by atoms with Crippen LogP contribution in [0.25, 0.3) is 0 Å². The van der Waals surface area contributed by atoms with Crippen molar-refractivity contribution in [3.8, 4) is 5.75 Å². The third-order valence-electron chi connectivity index (χ3n) is 7.18. The first-order valence-corrected chi connectivity index (χ1v) is 12.5. The average molecular weight is 503 g/mol. The van der Waals surface area contributed by atoms with Crippen molar-refractivity contribution in [2.24, 2.45) is 0 Å². The van der Waals surface area contributed by atoms with Crippen LogP contribution >= 0.6 is 0 Å². The predicted octanol–water partition coefficient (Wildman–Crippen LogP) is 4.62. The number of rotatable bonds is 3. The molecule has 1 fully saturated rings. The largest absolute Gasteiger partial charge is 0.484 e. The molecule has 0 bridgehead atoms. The quantitative estimate of drug-likeness (QED) is 0.565. The number of morpholine rings is 1. The first-order chi connectivity index (χ1) is 18.0. The monoisotopic (exact) mass is 502 g/mol. The van der Waals surface area contributed by atoms with E-state index < -0.39 is 6.10 Å². The van der Waals surface area contributed by atoms with Crippen LogP contribution in [0, 0.1) is 12.7 Å². The van der Waals surface area contributed by atoms with Crippen molar-refractivity contribution < 1.29 is 23.5 Å². The molecular weight excluding hydrogens is 475 g/mol. The number of hydrogen-bond acceptors (Lipinski definition) is 5. The second-order valence-corrected chi connectivity index (χ2v) is 9.55. The van der Waals surface area contributed by atoms with Gasteiger partial charge in [-0.25, -0.2) is 9.18 Å². The number of pyridine rings is 1. The van der Waals surface area contributed by atoms with Gasteiger partial charge in [0.15, 0.2) is 0 Å². The number of ether oxygens (including phenoxy) is 2. The van der Waals surface area contributed by atoms with Gasteiger partial charge in [0.25, 0.3) is 5.91 Å². The molecule has 6 rings (SSSR count). The summed E-state index contributed by atoms with van der Waals surface area (Å²) < 4.78 is 25.8. The number of fused-ring (bicyclic) bond motifs is 2. The van der Waals surface area contributed by atoms with E-state index in [9.17, 15) is 14.0 Å². The highest BCUT2D eigenvalue weighted by molar-refractivity contribution is 6.06. The number of amides is 3. The minimum absolute atomic E-state index is 0.0654. The summed E-state index contributed by atoms with van der Waals surface area (Å²) in [6.45, 7) is 4.50. The van der Waals surface area contributed by atoms with Crippen LogP contribution < -0.4 is 15.0 Å². The Bertz CT molecular complexity index is 1390. The normalized spacial score (nSPS) is 19.0. The van der Waals surface area contributed by atoms with Crippen LogP contribution in [0.15, 0.2) is 48.7 Å². The zero-order valence-corrected chi connectivity index (χ0v) is 20.5. The number of nitrogens with zero attached hydrogens (tertiary/aromatic N) is 3. The summed E-state index contributed by atoms with van der Waals surface area (Å²) in [5.74, 6) is 0.179. The van der Waals surface area contributed by atoms with E-state index in [1.54, 1.807) is 34.2 Å². The Hall–Kier alpha value is -3.98. The van der Waals surface area contributed by atoms with Crippen LogP contribution in [0.5, 0.6) is 5.75 Å². The molecule has 37 heavy (non-hydrogen) atoms. The summed E-state index contributed by atoms with van der Waals surface area (Å²) in [6, 6.07) is 12.0. The van der Waals surface area contributed by atoms with Gasteiger partial charge in [0.1, 0.15) is 23.4 Å². The average Bonchev–Trinajstić information content (AvgIpc) is 2.92. The third kappa shape index (κ3) is 4.40. The number of aryl methyl sites for hydroxylation is 2. The molecule has 1 N–H and O–H groups in total. The molecule has 3 aliphatic rings. The molecule has 3 aromatic rings. The molecule has 1 saturated heterocycles. The first-order valence-electron chi connectivity index (χ1n) is 12.5. The van der Waals surface area contributed by atoms with Crippen molar-refractivity contribution in [3.05, 3.63) is 82.4 Å². The van der Waals surface area contributed by atoms with Crippen molar-refractivity contribution in [3.63, 3.8) is 0 Å². The fourth-order valence-corrected chi connectivity index (χ4v) is 5.19. The number of urea groups is 1. The molecule has 8 nitrogen and oxygen atoms in total. The molecule has 1 unspecified atom stereocenters. The summed E-state index contributed by atoms with van der Waals surface area (Å²) in [5, 5.41) is 2.95.